The van der Waals surface area contributed by atoms with Crippen LogP contribution in [0, 0.1) is 10.1 Å². The number of benzene rings is 1. The second kappa shape index (κ2) is 8.07. The number of nitrogens with one attached hydrogen (secondary N) is 2. The molecule has 0 bridgehead atoms. The normalized spacial score (nSPS) is 9.95. The Balaban J connectivity index is 2.26. The quantitative estimate of drug-likeness (QED) is 0.429. The molecular formula is C13H19N3O3. The molecule has 0 aliphatic rings. The van der Waals surface area contributed by atoms with E-state index < -0.39 is 4.92 Å². The van der Waals surface area contributed by atoms with E-state index in [0.29, 0.717) is 25.2 Å². The summed E-state index contributed by atoms with van der Waals surface area (Å²) in [6, 6.07) is 6.57. The van der Waals surface area contributed by atoms with Crippen LogP contribution in [-0.2, 0) is 4.79 Å². The zero-order valence-corrected chi connectivity index (χ0v) is 11.0. The van der Waals surface area contributed by atoms with Crippen LogP contribution in [0.2, 0.25) is 0 Å². The summed E-state index contributed by atoms with van der Waals surface area (Å²) in [6.07, 6.45) is 2.18. The molecule has 1 aromatic carbocycles. The van der Waals surface area contributed by atoms with Crippen LogP contribution in [0.5, 0.6) is 0 Å². The highest BCUT2D eigenvalue weighted by Gasteiger charge is 2.10. The molecule has 1 amide bonds. The Morgan fingerprint density at radius 3 is 2.63 bits per heavy atom. The molecule has 0 saturated heterocycles. The summed E-state index contributed by atoms with van der Waals surface area (Å²) in [4.78, 5) is 21.4. The van der Waals surface area contributed by atoms with Gasteiger partial charge in [0.2, 0.25) is 5.91 Å². The Morgan fingerprint density at radius 1 is 1.26 bits per heavy atom. The first-order valence-corrected chi connectivity index (χ1v) is 6.39. The first-order valence-electron chi connectivity index (χ1n) is 6.39. The summed E-state index contributed by atoms with van der Waals surface area (Å²) < 4.78 is 0. The molecule has 0 atom stereocenters. The van der Waals surface area contributed by atoms with Gasteiger partial charge in [0.05, 0.1) is 4.92 Å². The van der Waals surface area contributed by atoms with Crippen LogP contribution in [0.1, 0.15) is 26.2 Å². The highest BCUT2D eigenvalue weighted by Crippen LogP contribution is 2.22. The summed E-state index contributed by atoms with van der Waals surface area (Å²) >= 11 is 0. The average Bonchev–Trinajstić information content (AvgIpc) is 2.42. The third-order valence-corrected chi connectivity index (χ3v) is 2.66. The fourth-order valence-corrected chi connectivity index (χ4v) is 1.61. The number of hydrogen-bond acceptors (Lipinski definition) is 4. The standard InChI is InChI=1S/C13H19N3O3/c1-2-13(17)15-10-6-5-9-14-11-7-3-4-8-12(11)16(18)19/h3-4,7-8,14H,2,5-6,9-10H2,1H3,(H,15,17). The molecule has 19 heavy (non-hydrogen) atoms. The SMILES string of the molecule is CCC(=O)NCCCCNc1ccccc1[N+](=O)[O-]. The average molecular weight is 265 g/mol. The van der Waals surface area contributed by atoms with Gasteiger partial charge in [-0.2, -0.15) is 0 Å². The third-order valence-electron chi connectivity index (χ3n) is 2.66. The Hall–Kier alpha value is -2.11. The van der Waals surface area contributed by atoms with Crippen molar-refractivity contribution in [3.05, 3.63) is 34.4 Å². The monoisotopic (exact) mass is 265 g/mol. The maximum Gasteiger partial charge on any atom is 0.292 e. The van der Waals surface area contributed by atoms with E-state index in [1.54, 1.807) is 18.2 Å². The molecule has 1 aromatic rings. The number of nitro benzene ring substituents is 1. The highest BCUT2D eigenvalue weighted by atomic mass is 16.6. The molecule has 0 heterocycles. The third kappa shape index (κ3) is 5.37. The van der Waals surface area contributed by atoms with Gasteiger partial charge in [0, 0.05) is 25.6 Å². The molecule has 0 aliphatic heterocycles. The van der Waals surface area contributed by atoms with Gasteiger partial charge in [0.25, 0.3) is 5.69 Å². The van der Waals surface area contributed by atoms with Crippen LogP contribution < -0.4 is 10.6 Å². The van der Waals surface area contributed by atoms with Gasteiger partial charge in [-0.25, -0.2) is 0 Å². The minimum atomic E-state index is -0.399. The maximum atomic E-state index is 11.0. The van der Waals surface area contributed by atoms with E-state index in [2.05, 4.69) is 10.6 Å². The Kier molecular flexibility index (Phi) is 6.35. The van der Waals surface area contributed by atoms with Gasteiger partial charge in [-0.15, -0.1) is 0 Å². The number of anilines is 1. The van der Waals surface area contributed by atoms with Gasteiger partial charge in [0.15, 0.2) is 0 Å². The lowest BCUT2D eigenvalue weighted by Crippen LogP contribution is -2.23. The summed E-state index contributed by atoms with van der Waals surface area (Å²) in [5.74, 6) is 0.0478. The summed E-state index contributed by atoms with van der Waals surface area (Å²) in [7, 11) is 0. The summed E-state index contributed by atoms with van der Waals surface area (Å²) in [5, 5.41) is 16.6. The zero-order valence-electron chi connectivity index (χ0n) is 11.0. The lowest BCUT2D eigenvalue weighted by atomic mass is 10.2. The predicted octanol–water partition coefficient (Wildman–Crippen LogP) is 2.31. The molecule has 0 radical (unpaired) electrons. The van der Waals surface area contributed by atoms with Crippen molar-refractivity contribution >= 4 is 17.3 Å². The molecule has 104 valence electrons. The van der Waals surface area contributed by atoms with Crippen LogP contribution in [0.25, 0.3) is 0 Å². The molecule has 0 fully saturated rings. The van der Waals surface area contributed by atoms with Crippen molar-refractivity contribution in [2.45, 2.75) is 26.2 Å². The molecule has 0 aliphatic carbocycles. The van der Waals surface area contributed by atoms with Gasteiger partial charge in [0.1, 0.15) is 5.69 Å². The van der Waals surface area contributed by atoms with Crippen molar-refractivity contribution in [3.63, 3.8) is 0 Å². The van der Waals surface area contributed by atoms with Crippen LogP contribution in [0.3, 0.4) is 0 Å². The summed E-state index contributed by atoms with van der Waals surface area (Å²) in [5.41, 5.74) is 0.617. The van der Waals surface area contributed by atoms with Crippen molar-refractivity contribution < 1.29 is 9.72 Å². The van der Waals surface area contributed by atoms with E-state index in [1.807, 2.05) is 6.92 Å². The minimum absolute atomic E-state index is 0.0478. The zero-order chi connectivity index (χ0) is 14.1. The number of rotatable bonds is 8. The first kappa shape index (κ1) is 14.9. The van der Waals surface area contributed by atoms with E-state index >= 15 is 0 Å². The molecule has 0 aromatic heterocycles. The van der Waals surface area contributed by atoms with Crippen molar-refractivity contribution in [3.8, 4) is 0 Å². The number of hydrogen-bond donors (Lipinski definition) is 2. The van der Waals surface area contributed by atoms with E-state index in [1.165, 1.54) is 6.07 Å². The van der Waals surface area contributed by atoms with Crippen LogP contribution in [0.4, 0.5) is 11.4 Å². The van der Waals surface area contributed by atoms with Crippen LogP contribution in [0.15, 0.2) is 24.3 Å². The fourth-order valence-electron chi connectivity index (χ4n) is 1.61. The van der Waals surface area contributed by atoms with Gasteiger partial charge in [-0.3, -0.25) is 14.9 Å². The Morgan fingerprint density at radius 2 is 1.95 bits per heavy atom. The van der Waals surface area contributed by atoms with E-state index in [0.717, 1.165) is 12.8 Å². The number of unbranched alkanes of at least 4 members (excludes halogenated alkanes) is 1. The number of nitro groups is 1. The Labute approximate surface area is 112 Å². The lowest BCUT2D eigenvalue weighted by molar-refractivity contribution is -0.384. The Bertz CT molecular complexity index is 435. The second-order valence-corrected chi connectivity index (χ2v) is 4.11. The van der Waals surface area contributed by atoms with Crippen molar-refractivity contribution in [1.82, 2.24) is 5.32 Å². The number of nitrogens with zero attached hydrogens (tertiary/aromatic N) is 1. The molecule has 0 unspecified atom stereocenters. The van der Waals surface area contributed by atoms with E-state index in [4.69, 9.17) is 0 Å². The van der Waals surface area contributed by atoms with Gasteiger partial charge in [-0.1, -0.05) is 19.1 Å². The molecular weight excluding hydrogens is 246 g/mol. The number of amides is 1. The van der Waals surface area contributed by atoms with Gasteiger partial charge >= 0.3 is 0 Å². The molecule has 6 nitrogen and oxygen atoms in total. The van der Waals surface area contributed by atoms with Gasteiger partial charge < -0.3 is 10.6 Å². The number of carbonyl (C=O) groups excluding carboxylic acids is 1. The molecule has 2 N–H and O–H groups in total. The van der Waals surface area contributed by atoms with E-state index in [-0.39, 0.29) is 11.6 Å². The molecule has 6 heteroatoms. The molecule has 0 saturated carbocycles. The maximum absolute atomic E-state index is 11.0. The molecule has 0 spiro atoms. The largest absolute Gasteiger partial charge is 0.379 e. The first-order chi connectivity index (χ1) is 9.15. The van der Waals surface area contributed by atoms with Crippen LogP contribution in [-0.4, -0.2) is 23.9 Å². The van der Waals surface area contributed by atoms with Crippen molar-refractivity contribution in [2.75, 3.05) is 18.4 Å². The topological polar surface area (TPSA) is 84.3 Å². The predicted molar refractivity (Wildman–Crippen MR) is 74.1 cm³/mol. The minimum Gasteiger partial charge on any atom is -0.379 e. The smallest absolute Gasteiger partial charge is 0.292 e. The second-order valence-electron chi connectivity index (χ2n) is 4.11. The summed E-state index contributed by atoms with van der Waals surface area (Å²) in [6.45, 7) is 3.10. The van der Waals surface area contributed by atoms with Gasteiger partial charge in [-0.05, 0) is 18.9 Å². The van der Waals surface area contributed by atoms with E-state index in [9.17, 15) is 14.9 Å². The fraction of sp³-hybridized carbons (Fsp3) is 0.462. The molecule has 1 rings (SSSR count). The van der Waals surface area contributed by atoms with Crippen LogP contribution >= 0.6 is 0 Å². The highest BCUT2D eigenvalue weighted by molar-refractivity contribution is 5.75. The van der Waals surface area contributed by atoms with Crippen molar-refractivity contribution in [2.24, 2.45) is 0 Å². The number of carbonyl (C=O) groups is 1. The lowest BCUT2D eigenvalue weighted by Gasteiger charge is -2.07. The van der Waals surface area contributed by atoms with Crippen molar-refractivity contribution in [1.29, 1.82) is 0 Å². The number of para-hydroxylation sites is 2.